The summed E-state index contributed by atoms with van der Waals surface area (Å²) in [5.74, 6) is 0.627. The third kappa shape index (κ3) is 3.70. The molecule has 1 fully saturated rings. The highest BCUT2D eigenvalue weighted by Crippen LogP contribution is 2.17. The Morgan fingerprint density at radius 2 is 2.27 bits per heavy atom. The first-order valence-corrected chi connectivity index (χ1v) is 5.60. The Labute approximate surface area is 91.2 Å². The van der Waals surface area contributed by atoms with Crippen molar-refractivity contribution in [3.05, 3.63) is 0 Å². The number of hydrogen-bond donors (Lipinski definition) is 1. The lowest BCUT2D eigenvalue weighted by Crippen LogP contribution is -2.46. The number of hydrogen-bond acceptors (Lipinski definition) is 3. The molecule has 1 saturated heterocycles. The standard InChI is InChI=1S/C11H21NO3/c1-8(2)7-15-11(14)12-5-4-9(3)10(13)6-12/h8-10,13H,4-7H2,1-3H3. The molecule has 15 heavy (non-hydrogen) atoms. The van der Waals surface area contributed by atoms with Gasteiger partial charge in [-0.25, -0.2) is 4.79 Å². The van der Waals surface area contributed by atoms with Crippen molar-refractivity contribution in [2.45, 2.75) is 33.3 Å². The molecule has 0 radical (unpaired) electrons. The summed E-state index contributed by atoms with van der Waals surface area (Å²) in [4.78, 5) is 13.1. The summed E-state index contributed by atoms with van der Waals surface area (Å²) in [7, 11) is 0. The Morgan fingerprint density at radius 3 is 2.80 bits per heavy atom. The van der Waals surface area contributed by atoms with Crippen molar-refractivity contribution in [3.63, 3.8) is 0 Å². The van der Waals surface area contributed by atoms with E-state index in [1.54, 1.807) is 4.90 Å². The van der Waals surface area contributed by atoms with Gasteiger partial charge < -0.3 is 14.7 Å². The van der Waals surface area contributed by atoms with Crippen molar-refractivity contribution in [1.29, 1.82) is 0 Å². The van der Waals surface area contributed by atoms with E-state index in [1.807, 2.05) is 20.8 Å². The number of piperidine rings is 1. The molecule has 2 atom stereocenters. The molecule has 0 spiro atoms. The van der Waals surface area contributed by atoms with Gasteiger partial charge in [-0.1, -0.05) is 20.8 Å². The summed E-state index contributed by atoms with van der Waals surface area (Å²) in [6.07, 6.45) is 0.137. The minimum Gasteiger partial charge on any atom is -0.449 e. The Bertz CT molecular complexity index is 218. The largest absolute Gasteiger partial charge is 0.449 e. The van der Waals surface area contributed by atoms with Gasteiger partial charge in [0.15, 0.2) is 0 Å². The lowest BCUT2D eigenvalue weighted by atomic mass is 9.96. The van der Waals surface area contributed by atoms with E-state index in [0.29, 0.717) is 25.6 Å². The normalized spacial score (nSPS) is 26.9. The summed E-state index contributed by atoms with van der Waals surface area (Å²) in [6.45, 7) is 7.54. The van der Waals surface area contributed by atoms with Crippen LogP contribution >= 0.6 is 0 Å². The molecule has 0 bridgehead atoms. The summed E-state index contributed by atoms with van der Waals surface area (Å²) in [5, 5.41) is 9.62. The highest BCUT2D eigenvalue weighted by molar-refractivity contribution is 5.67. The van der Waals surface area contributed by atoms with Crippen LogP contribution in [0.4, 0.5) is 4.79 Å². The molecule has 88 valence electrons. The van der Waals surface area contributed by atoms with Gasteiger partial charge in [0.25, 0.3) is 0 Å². The number of carbonyl (C=O) groups is 1. The first-order valence-electron chi connectivity index (χ1n) is 5.60. The number of amides is 1. The average molecular weight is 215 g/mol. The number of likely N-dealkylation sites (tertiary alicyclic amines) is 1. The minimum absolute atomic E-state index is 0.277. The maximum absolute atomic E-state index is 11.5. The molecule has 1 rings (SSSR count). The molecule has 0 aliphatic carbocycles. The summed E-state index contributed by atoms with van der Waals surface area (Å²) in [5.41, 5.74) is 0. The van der Waals surface area contributed by atoms with Crippen molar-refractivity contribution in [1.82, 2.24) is 4.90 Å². The second-order valence-electron chi connectivity index (χ2n) is 4.75. The number of ether oxygens (including phenoxy) is 1. The van der Waals surface area contributed by atoms with E-state index in [1.165, 1.54) is 0 Å². The Hall–Kier alpha value is -0.770. The SMILES string of the molecule is CC(C)COC(=O)N1CCC(C)C(O)C1. The van der Waals surface area contributed by atoms with Gasteiger partial charge in [-0.15, -0.1) is 0 Å². The Balaban J connectivity index is 2.34. The minimum atomic E-state index is -0.412. The van der Waals surface area contributed by atoms with E-state index in [0.717, 1.165) is 6.42 Å². The van der Waals surface area contributed by atoms with Crippen LogP contribution in [0.1, 0.15) is 27.2 Å². The lowest BCUT2D eigenvalue weighted by molar-refractivity contribution is 0.0186. The quantitative estimate of drug-likeness (QED) is 0.759. The van der Waals surface area contributed by atoms with Crippen LogP contribution in [-0.2, 0) is 4.74 Å². The number of aliphatic hydroxyl groups excluding tert-OH is 1. The molecule has 1 aliphatic heterocycles. The third-order valence-corrected chi connectivity index (χ3v) is 2.72. The smallest absolute Gasteiger partial charge is 0.409 e. The number of carbonyl (C=O) groups excluding carboxylic acids is 1. The van der Waals surface area contributed by atoms with Gasteiger partial charge in [-0.2, -0.15) is 0 Å². The fraction of sp³-hybridized carbons (Fsp3) is 0.909. The molecule has 0 aromatic rings. The molecule has 4 heteroatoms. The molecule has 1 aliphatic rings. The van der Waals surface area contributed by atoms with E-state index >= 15 is 0 Å². The molecule has 1 N–H and O–H groups in total. The van der Waals surface area contributed by atoms with Crippen LogP contribution in [0.2, 0.25) is 0 Å². The molecule has 0 aromatic heterocycles. The van der Waals surface area contributed by atoms with Crippen molar-refractivity contribution >= 4 is 6.09 Å². The molecule has 1 amide bonds. The monoisotopic (exact) mass is 215 g/mol. The van der Waals surface area contributed by atoms with Gasteiger partial charge in [0.1, 0.15) is 0 Å². The Morgan fingerprint density at radius 1 is 1.60 bits per heavy atom. The number of rotatable bonds is 2. The summed E-state index contributed by atoms with van der Waals surface area (Å²) >= 11 is 0. The maximum atomic E-state index is 11.5. The first-order chi connectivity index (χ1) is 7.00. The van der Waals surface area contributed by atoms with Gasteiger partial charge in [0.05, 0.1) is 19.3 Å². The van der Waals surface area contributed by atoms with Crippen LogP contribution < -0.4 is 0 Å². The molecule has 0 aromatic carbocycles. The van der Waals surface area contributed by atoms with Gasteiger partial charge >= 0.3 is 6.09 Å². The van der Waals surface area contributed by atoms with E-state index in [-0.39, 0.29) is 12.0 Å². The predicted molar refractivity (Wildman–Crippen MR) is 57.5 cm³/mol. The number of aliphatic hydroxyl groups is 1. The second-order valence-corrected chi connectivity index (χ2v) is 4.75. The fourth-order valence-electron chi connectivity index (χ4n) is 1.54. The van der Waals surface area contributed by atoms with Crippen LogP contribution in [0.5, 0.6) is 0 Å². The van der Waals surface area contributed by atoms with Gasteiger partial charge in [-0.05, 0) is 18.3 Å². The molecule has 2 unspecified atom stereocenters. The third-order valence-electron chi connectivity index (χ3n) is 2.72. The zero-order valence-corrected chi connectivity index (χ0v) is 9.77. The van der Waals surface area contributed by atoms with Crippen molar-refractivity contribution in [2.75, 3.05) is 19.7 Å². The summed E-state index contributed by atoms with van der Waals surface area (Å²) in [6, 6.07) is 0. The van der Waals surface area contributed by atoms with E-state index in [9.17, 15) is 9.90 Å². The van der Waals surface area contributed by atoms with Gasteiger partial charge in [0, 0.05) is 6.54 Å². The van der Waals surface area contributed by atoms with Gasteiger partial charge in [-0.3, -0.25) is 0 Å². The van der Waals surface area contributed by atoms with E-state index in [2.05, 4.69) is 0 Å². The molecule has 0 saturated carbocycles. The molecule has 4 nitrogen and oxygen atoms in total. The van der Waals surface area contributed by atoms with Crippen LogP contribution in [0.25, 0.3) is 0 Å². The molecule has 1 heterocycles. The van der Waals surface area contributed by atoms with Crippen LogP contribution in [-0.4, -0.2) is 41.9 Å². The van der Waals surface area contributed by atoms with Gasteiger partial charge in [0.2, 0.25) is 0 Å². The van der Waals surface area contributed by atoms with Crippen molar-refractivity contribution < 1.29 is 14.6 Å². The second kappa shape index (κ2) is 5.35. The highest BCUT2D eigenvalue weighted by Gasteiger charge is 2.28. The first kappa shape index (κ1) is 12.3. The van der Waals surface area contributed by atoms with Crippen LogP contribution in [0, 0.1) is 11.8 Å². The Kier molecular flexibility index (Phi) is 4.39. The van der Waals surface area contributed by atoms with Crippen LogP contribution in [0.15, 0.2) is 0 Å². The van der Waals surface area contributed by atoms with E-state index < -0.39 is 6.10 Å². The maximum Gasteiger partial charge on any atom is 0.409 e. The number of nitrogens with zero attached hydrogens (tertiary/aromatic N) is 1. The molecular weight excluding hydrogens is 194 g/mol. The average Bonchev–Trinajstić information content (AvgIpc) is 2.18. The highest BCUT2D eigenvalue weighted by atomic mass is 16.6. The van der Waals surface area contributed by atoms with Crippen LogP contribution in [0.3, 0.4) is 0 Å². The topological polar surface area (TPSA) is 49.8 Å². The zero-order chi connectivity index (χ0) is 11.4. The molecular formula is C11H21NO3. The zero-order valence-electron chi connectivity index (χ0n) is 9.77. The fourth-order valence-corrected chi connectivity index (χ4v) is 1.54. The summed E-state index contributed by atoms with van der Waals surface area (Å²) < 4.78 is 5.10. The van der Waals surface area contributed by atoms with Crippen molar-refractivity contribution in [3.8, 4) is 0 Å². The number of β-amino-alcohol motifs (C(OH)–C–C–N with tert-alkyl or cyclic N) is 1. The lowest BCUT2D eigenvalue weighted by Gasteiger charge is -2.33. The van der Waals surface area contributed by atoms with Crippen molar-refractivity contribution in [2.24, 2.45) is 11.8 Å². The predicted octanol–water partition coefficient (Wildman–Crippen LogP) is 1.48. The van der Waals surface area contributed by atoms with E-state index in [4.69, 9.17) is 4.74 Å².